The van der Waals surface area contributed by atoms with Gasteiger partial charge in [0.2, 0.25) is 5.91 Å². The van der Waals surface area contributed by atoms with Crippen LogP contribution in [0.25, 0.3) is 10.9 Å². The molecule has 1 aromatic carbocycles. The third-order valence-electron chi connectivity index (χ3n) is 4.03. The highest BCUT2D eigenvalue weighted by Gasteiger charge is 2.18. The van der Waals surface area contributed by atoms with Gasteiger partial charge in [-0.25, -0.2) is 13.6 Å². The van der Waals surface area contributed by atoms with E-state index in [9.17, 15) is 23.2 Å². The molecule has 1 atom stereocenters. The second kappa shape index (κ2) is 7.40. The summed E-state index contributed by atoms with van der Waals surface area (Å²) in [5, 5.41) is 11.1. The van der Waals surface area contributed by atoms with Crippen molar-refractivity contribution in [3.8, 4) is 6.07 Å². The number of amides is 1. The molecule has 0 bridgehead atoms. The summed E-state index contributed by atoms with van der Waals surface area (Å²) in [6.07, 6.45) is 1.16. The number of aromatic nitrogens is 3. The molecule has 0 aliphatic heterocycles. The van der Waals surface area contributed by atoms with Crippen LogP contribution in [-0.4, -0.2) is 20.4 Å². The number of hydrogen-bond acceptors (Lipinski definition) is 5. The fourth-order valence-corrected chi connectivity index (χ4v) is 2.69. The van der Waals surface area contributed by atoms with Crippen molar-refractivity contribution < 1.29 is 13.6 Å². The Morgan fingerprint density at radius 2 is 2.11 bits per heavy atom. The third-order valence-corrected chi connectivity index (χ3v) is 4.03. The molecule has 2 heterocycles. The number of nitriles is 1. The van der Waals surface area contributed by atoms with Crippen molar-refractivity contribution in [2.24, 2.45) is 0 Å². The molecule has 8 nitrogen and oxygen atoms in total. The molecule has 1 amide bonds. The monoisotopic (exact) mass is 385 g/mol. The summed E-state index contributed by atoms with van der Waals surface area (Å²) in [4.78, 5) is 42.9. The van der Waals surface area contributed by atoms with E-state index in [1.54, 1.807) is 6.07 Å². The summed E-state index contributed by atoms with van der Waals surface area (Å²) in [5.41, 5.74) is -1.60. The van der Waals surface area contributed by atoms with E-state index in [-0.39, 0.29) is 22.2 Å². The standard InChI is InChI=1S/C18H13F2N5O3/c1-9(16-13(20)4-10(6-21)7-22-16)23-15(26)8-25-17(27)12-5-11(19)2-3-14(12)24-18(25)28/h2-5,7,9H,8H2,1H3,(H,23,26)(H,24,28)/t9-/m0/s1. The van der Waals surface area contributed by atoms with Crippen LogP contribution in [0.4, 0.5) is 8.78 Å². The molecule has 3 aromatic rings. The lowest BCUT2D eigenvalue weighted by Crippen LogP contribution is -2.41. The maximum absolute atomic E-state index is 14.0. The van der Waals surface area contributed by atoms with Gasteiger partial charge in [-0.05, 0) is 31.2 Å². The molecular formula is C18H13F2N5O3. The van der Waals surface area contributed by atoms with Crippen molar-refractivity contribution in [2.75, 3.05) is 0 Å². The van der Waals surface area contributed by atoms with Crippen LogP contribution in [0.5, 0.6) is 0 Å². The summed E-state index contributed by atoms with van der Waals surface area (Å²) < 4.78 is 28.0. The smallest absolute Gasteiger partial charge is 0.329 e. The number of carbonyl (C=O) groups excluding carboxylic acids is 1. The number of aromatic amines is 1. The zero-order valence-electron chi connectivity index (χ0n) is 14.5. The Balaban J connectivity index is 1.84. The van der Waals surface area contributed by atoms with E-state index in [0.717, 1.165) is 24.4 Å². The number of H-pyrrole nitrogens is 1. The molecule has 142 valence electrons. The average Bonchev–Trinajstić information content (AvgIpc) is 2.65. The van der Waals surface area contributed by atoms with Crippen LogP contribution in [0.3, 0.4) is 0 Å². The molecule has 0 spiro atoms. The van der Waals surface area contributed by atoms with Gasteiger partial charge in [0.25, 0.3) is 5.56 Å². The van der Waals surface area contributed by atoms with Gasteiger partial charge in [-0.1, -0.05) is 0 Å². The molecule has 0 saturated heterocycles. The first kappa shape index (κ1) is 18.9. The molecule has 2 aromatic heterocycles. The van der Waals surface area contributed by atoms with Gasteiger partial charge in [-0.2, -0.15) is 5.26 Å². The lowest BCUT2D eigenvalue weighted by Gasteiger charge is -2.14. The van der Waals surface area contributed by atoms with E-state index < -0.39 is 41.4 Å². The second-order valence-electron chi connectivity index (χ2n) is 6.00. The lowest BCUT2D eigenvalue weighted by molar-refractivity contribution is -0.122. The number of fused-ring (bicyclic) bond motifs is 1. The van der Waals surface area contributed by atoms with E-state index in [2.05, 4.69) is 15.3 Å². The van der Waals surface area contributed by atoms with E-state index in [1.807, 2.05) is 0 Å². The van der Waals surface area contributed by atoms with Crippen LogP contribution in [0.15, 0.2) is 40.1 Å². The molecule has 10 heteroatoms. The minimum atomic E-state index is -0.882. The molecule has 0 radical (unpaired) electrons. The normalized spacial score (nSPS) is 11.8. The minimum Gasteiger partial charge on any atom is -0.346 e. The minimum absolute atomic E-state index is 0.0289. The van der Waals surface area contributed by atoms with E-state index >= 15 is 0 Å². The first-order valence-corrected chi connectivity index (χ1v) is 8.07. The molecule has 0 aliphatic rings. The topological polar surface area (TPSA) is 121 Å². The summed E-state index contributed by atoms with van der Waals surface area (Å²) in [6.45, 7) is 0.807. The van der Waals surface area contributed by atoms with Crippen LogP contribution in [-0.2, 0) is 11.3 Å². The molecule has 28 heavy (non-hydrogen) atoms. The molecule has 0 aliphatic carbocycles. The highest BCUT2D eigenvalue weighted by Crippen LogP contribution is 2.15. The molecule has 0 fully saturated rings. The predicted molar refractivity (Wildman–Crippen MR) is 94.3 cm³/mol. The SMILES string of the molecule is C[C@H](NC(=O)Cn1c(=O)[nH]c2ccc(F)cc2c1=O)c1ncc(C#N)cc1F. The number of halogens is 2. The third kappa shape index (κ3) is 3.64. The van der Waals surface area contributed by atoms with Crippen molar-refractivity contribution in [3.63, 3.8) is 0 Å². The fourth-order valence-electron chi connectivity index (χ4n) is 2.69. The van der Waals surface area contributed by atoms with Crippen molar-refractivity contribution in [1.82, 2.24) is 19.9 Å². The van der Waals surface area contributed by atoms with Crippen LogP contribution in [0, 0.1) is 23.0 Å². The molecule has 0 saturated carbocycles. The molecule has 3 rings (SSSR count). The zero-order chi connectivity index (χ0) is 20.4. The Hall–Kier alpha value is -3.87. The van der Waals surface area contributed by atoms with Crippen molar-refractivity contribution in [1.29, 1.82) is 5.26 Å². The Morgan fingerprint density at radius 3 is 2.79 bits per heavy atom. The number of nitrogens with zero attached hydrogens (tertiary/aromatic N) is 3. The van der Waals surface area contributed by atoms with Crippen molar-refractivity contribution in [3.05, 3.63) is 74.2 Å². The first-order chi connectivity index (χ1) is 13.3. The number of hydrogen-bond donors (Lipinski definition) is 2. The van der Waals surface area contributed by atoms with Crippen LogP contribution < -0.4 is 16.6 Å². The van der Waals surface area contributed by atoms with Gasteiger partial charge in [0.05, 0.1) is 28.2 Å². The molecular weight excluding hydrogens is 372 g/mol. The maximum Gasteiger partial charge on any atom is 0.329 e. The highest BCUT2D eigenvalue weighted by molar-refractivity contribution is 5.79. The first-order valence-electron chi connectivity index (χ1n) is 8.07. The van der Waals surface area contributed by atoms with Crippen molar-refractivity contribution in [2.45, 2.75) is 19.5 Å². The summed E-state index contributed by atoms with van der Waals surface area (Å²) in [5.74, 6) is -2.19. The number of rotatable bonds is 4. The van der Waals surface area contributed by atoms with Gasteiger partial charge in [0, 0.05) is 6.20 Å². The molecule has 0 unspecified atom stereocenters. The zero-order valence-corrected chi connectivity index (χ0v) is 14.5. The number of nitrogens with one attached hydrogen (secondary N) is 2. The summed E-state index contributed by atoms with van der Waals surface area (Å²) in [7, 11) is 0. The average molecular weight is 385 g/mol. The second-order valence-corrected chi connectivity index (χ2v) is 6.00. The Bertz CT molecular complexity index is 1240. The van der Waals surface area contributed by atoms with E-state index in [1.165, 1.54) is 13.0 Å². The number of carbonyl (C=O) groups is 1. The van der Waals surface area contributed by atoms with Gasteiger partial charge < -0.3 is 10.3 Å². The van der Waals surface area contributed by atoms with E-state index in [4.69, 9.17) is 5.26 Å². The summed E-state index contributed by atoms with van der Waals surface area (Å²) in [6, 6.07) is 5.15. The fraction of sp³-hybridized carbons (Fsp3) is 0.167. The Labute approximate surface area is 156 Å². The summed E-state index contributed by atoms with van der Waals surface area (Å²) >= 11 is 0. The van der Waals surface area contributed by atoms with Gasteiger partial charge in [0.15, 0.2) is 0 Å². The van der Waals surface area contributed by atoms with Gasteiger partial charge >= 0.3 is 5.69 Å². The number of pyridine rings is 1. The van der Waals surface area contributed by atoms with Gasteiger partial charge in [0.1, 0.15) is 24.2 Å². The number of benzene rings is 1. The predicted octanol–water partition coefficient (Wildman–Crippen LogP) is 1.11. The van der Waals surface area contributed by atoms with E-state index in [0.29, 0.717) is 4.57 Å². The maximum atomic E-state index is 14.0. The van der Waals surface area contributed by atoms with Crippen molar-refractivity contribution >= 4 is 16.8 Å². The van der Waals surface area contributed by atoms with Crippen LogP contribution >= 0.6 is 0 Å². The Kier molecular flexibility index (Phi) is 5.00. The highest BCUT2D eigenvalue weighted by atomic mass is 19.1. The lowest BCUT2D eigenvalue weighted by atomic mass is 10.1. The van der Waals surface area contributed by atoms with Crippen LogP contribution in [0.1, 0.15) is 24.2 Å². The largest absolute Gasteiger partial charge is 0.346 e. The Morgan fingerprint density at radius 1 is 1.36 bits per heavy atom. The molecule has 2 N–H and O–H groups in total. The van der Waals surface area contributed by atoms with Gasteiger partial charge in [-0.15, -0.1) is 0 Å². The van der Waals surface area contributed by atoms with Crippen LogP contribution in [0.2, 0.25) is 0 Å². The quantitative estimate of drug-likeness (QED) is 0.697. The van der Waals surface area contributed by atoms with Gasteiger partial charge in [-0.3, -0.25) is 19.1 Å².